The van der Waals surface area contributed by atoms with Gasteiger partial charge in [-0.1, -0.05) is 108 Å². The molecule has 204 valence electrons. The van der Waals surface area contributed by atoms with Crippen LogP contribution in [0.1, 0.15) is 139 Å². The number of anilines is 2. The van der Waals surface area contributed by atoms with Gasteiger partial charge in [-0.2, -0.15) is 0 Å². The van der Waals surface area contributed by atoms with E-state index in [0.29, 0.717) is 5.92 Å². The zero-order valence-corrected chi connectivity index (χ0v) is 23.7. The third kappa shape index (κ3) is 8.52. The van der Waals surface area contributed by atoms with Crippen LogP contribution >= 0.6 is 0 Å². The molecule has 2 aromatic rings. The molecule has 0 amide bonds. The molecule has 0 heterocycles. The number of nitrogens with two attached hydrogens (primary N) is 2. The topological polar surface area (TPSA) is 52.0 Å². The standard InChI is InChI=1S/C35H54N2/c1-2-3-4-5-6-7-8-9-12-27-17-19-29(20-18-27)30-21-23-31(24-22-30)34-16-11-14-32(35(34)37)25-28-13-10-15-33(36)26-28/h10-11,13-16,26-27,29-31H,2-9,12,17-25,36-37H2,1H3. The van der Waals surface area contributed by atoms with Gasteiger partial charge in [0.25, 0.3) is 0 Å². The van der Waals surface area contributed by atoms with Crippen molar-refractivity contribution < 1.29 is 0 Å². The summed E-state index contributed by atoms with van der Waals surface area (Å²) in [6.45, 7) is 2.31. The Hall–Kier alpha value is -1.96. The summed E-state index contributed by atoms with van der Waals surface area (Å²) in [5.74, 6) is 3.60. The Balaban J connectivity index is 1.16. The SMILES string of the molecule is CCCCCCCCCCC1CCC(C2CCC(c3cccc(Cc4cccc(N)c4)c3N)CC2)CC1. The second-order valence-electron chi connectivity index (χ2n) is 12.5. The molecular formula is C35H54N2. The monoisotopic (exact) mass is 502 g/mol. The molecule has 4 N–H and O–H groups in total. The minimum Gasteiger partial charge on any atom is -0.399 e. The number of hydrogen-bond acceptors (Lipinski definition) is 2. The first kappa shape index (κ1) is 28.1. The predicted molar refractivity (Wildman–Crippen MR) is 162 cm³/mol. The molecule has 0 unspecified atom stereocenters. The van der Waals surface area contributed by atoms with Crippen molar-refractivity contribution in [3.8, 4) is 0 Å². The van der Waals surface area contributed by atoms with E-state index in [1.54, 1.807) is 0 Å². The maximum Gasteiger partial charge on any atom is 0.0385 e. The Bertz CT molecular complexity index is 919. The Morgan fingerprint density at radius 3 is 1.97 bits per heavy atom. The zero-order valence-electron chi connectivity index (χ0n) is 23.7. The van der Waals surface area contributed by atoms with Crippen molar-refractivity contribution in [3.63, 3.8) is 0 Å². The van der Waals surface area contributed by atoms with Crippen molar-refractivity contribution in [2.75, 3.05) is 11.5 Å². The van der Waals surface area contributed by atoms with Gasteiger partial charge < -0.3 is 11.5 Å². The molecule has 2 saturated carbocycles. The largest absolute Gasteiger partial charge is 0.399 e. The van der Waals surface area contributed by atoms with Crippen molar-refractivity contribution in [2.24, 2.45) is 17.8 Å². The number of para-hydroxylation sites is 1. The van der Waals surface area contributed by atoms with Gasteiger partial charge in [-0.25, -0.2) is 0 Å². The highest BCUT2D eigenvalue weighted by atomic mass is 14.6. The van der Waals surface area contributed by atoms with Gasteiger partial charge >= 0.3 is 0 Å². The molecule has 2 heteroatoms. The number of benzene rings is 2. The van der Waals surface area contributed by atoms with Crippen molar-refractivity contribution in [1.82, 2.24) is 0 Å². The van der Waals surface area contributed by atoms with Crippen LogP contribution < -0.4 is 11.5 Å². The fourth-order valence-electron chi connectivity index (χ4n) is 7.48. The molecule has 0 aromatic heterocycles. The molecule has 2 fully saturated rings. The molecule has 0 spiro atoms. The minimum absolute atomic E-state index is 0.635. The molecule has 2 aliphatic rings. The van der Waals surface area contributed by atoms with Crippen LogP contribution in [0.4, 0.5) is 11.4 Å². The quantitative estimate of drug-likeness (QED) is 0.211. The van der Waals surface area contributed by atoms with E-state index in [2.05, 4.69) is 37.3 Å². The summed E-state index contributed by atoms with van der Waals surface area (Å²) in [7, 11) is 0. The summed E-state index contributed by atoms with van der Waals surface area (Å²) in [4.78, 5) is 0. The van der Waals surface area contributed by atoms with Crippen LogP contribution in [-0.4, -0.2) is 0 Å². The van der Waals surface area contributed by atoms with Gasteiger partial charge in [0.15, 0.2) is 0 Å². The summed E-state index contributed by atoms with van der Waals surface area (Å²) in [5, 5.41) is 0. The lowest BCUT2D eigenvalue weighted by atomic mass is 9.67. The Kier molecular flexibility index (Phi) is 11.3. The zero-order chi connectivity index (χ0) is 25.9. The normalized spacial score (nSPS) is 24.2. The Morgan fingerprint density at radius 1 is 0.676 bits per heavy atom. The van der Waals surface area contributed by atoms with E-state index < -0.39 is 0 Å². The fraction of sp³-hybridized carbons (Fsp3) is 0.657. The van der Waals surface area contributed by atoms with Gasteiger partial charge in [-0.05, 0) is 97.4 Å². The third-order valence-electron chi connectivity index (χ3n) is 9.81. The van der Waals surface area contributed by atoms with Crippen molar-refractivity contribution in [2.45, 2.75) is 128 Å². The molecule has 2 aromatic carbocycles. The fourth-order valence-corrected chi connectivity index (χ4v) is 7.48. The molecule has 4 rings (SSSR count). The van der Waals surface area contributed by atoms with E-state index >= 15 is 0 Å². The first-order valence-corrected chi connectivity index (χ1v) is 15.9. The average Bonchev–Trinajstić information content (AvgIpc) is 2.92. The second kappa shape index (κ2) is 14.8. The Labute approximate surface area is 228 Å². The maximum absolute atomic E-state index is 6.75. The van der Waals surface area contributed by atoms with Crippen LogP contribution in [0.5, 0.6) is 0 Å². The van der Waals surface area contributed by atoms with E-state index in [4.69, 9.17) is 11.5 Å². The van der Waals surface area contributed by atoms with Gasteiger partial charge in [0.05, 0.1) is 0 Å². The van der Waals surface area contributed by atoms with Gasteiger partial charge in [0, 0.05) is 11.4 Å². The van der Waals surface area contributed by atoms with Crippen LogP contribution in [0.3, 0.4) is 0 Å². The van der Waals surface area contributed by atoms with Gasteiger partial charge in [0.2, 0.25) is 0 Å². The lowest BCUT2D eigenvalue weighted by Crippen LogP contribution is -2.25. The molecular weight excluding hydrogens is 448 g/mol. The molecule has 2 aliphatic carbocycles. The Morgan fingerprint density at radius 2 is 1.30 bits per heavy atom. The highest BCUT2D eigenvalue weighted by Gasteiger charge is 2.31. The number of rotatable bonds is 13. The van der Waals surface area contributed by atoms with Crippen LogP contribution in [0.25, 0.3) is 0 Å². The highest BCUT2D eigenvalue weighted by Crippen LogP contribution is 2.45. The van der Waals surface area contributed by atoms with Gasteiger partial charge in [-0.3, -0.25) is 0 Å². The number of nitrogen functional groups attached to an aromatic ring is 2. The summed E-state index contributed by atoms with van der Waals surface area (Å²) >= 11 is 0. The van der Waals surface area contributed by atoms with E-state index in [1.165, 1.54) is 126 Å². The van der Waals surface area contributed by atoms with E-state index in [-0.39, 0.29) is 0 Å². The van der Waals surface area contributed by atoms with Crippen LogP contribution in [0.15, 0.2) is 42.5 Å². The predicted octanol–water partition coefficient (Wildman–Crippen LogP) is 10.1. The lowest BCUT2D eigenvalue weighted by Gasteiger charge is -2.38. The van der Waals surface area contributed by atoms with Crippen molar-refractivity contribution in [3.05, 3.63) is 59.2 Å². The summed E-state index contributed by atoms with van der Waals surface area (Å²) < 4.78 is 0. The van der Waals surface area contributed by atoms with Crippen LogP contribution in [-0.2, 0) is 6.42 Å². The molecule has 0 atom stereocenters. The third-order valence-corrected chi connectivity index (χ3v) is 9.81. The summed E-state index contributed by atoms with van der Waals surface area (Å²) in [6, 6.07) is 14.9. The molecule has 37 heavy (non-hydrogen) atoms. The van der Waals surface area contributed by atoms with Crippen LogP contribution in [0.2, 0.25) is 0 Å². The van der Waals surface area contributed by atoms with Crippen molar-refractivity contribution >= 4 is 11.4 Å². The minimum atomic E-state index is 0.635. The number of hydrogen-bond donors (Lipinski definition) is 2. The summed E-state index contributed by atoms with van der Waals surface area (Å²) in [5.41, 5.74) is 18.5. The molecule has 0 saturated heterocycles. The molecule has 2 nitrogen and oxygen atoms in total. The molecule has 0 aliphatic heterocycles. The number of unbranched alkanes of at least 4 members (excludes halogenated alkanes) is 7. The van der Waals surface area contributed by atoms with E-state index in [9.17, 15) is 0 Å². The average molecular weight is 503 g/mol. The van der Waals surface area contributed by atoms with Gasteiger partial charge in [0.1, 0.15) is 0 Å². The lowest BCUT2D eigenvalue weighted by molar-refractivity contribution is 0.155. The smallest absolute Gasteiger partial charge is 0.0385 e. The maximum atomic E-state index is 6.75. The highest BCUT2D eigenvalue weighted by molar-refractivity contribution is 5.57. The first-order valence-electron chi connectivity index (χ1n) is 15.9. The van der Waals surface area contributed by atoms with Crippen molar-refractivity contribution in [1.29, 1.82) is 0 Å². The molecule has 0 bridgehead atoms. The second-order valence-corrected chi connectivity index (χ2v) is 12.5. The van der Waals surface area contributed by atoms with Crippen LogP contribution in [0, 0.1) is 17.8 Å². The van der Waals surface area contributed by atoms with Gasteiger partial charge in [-0.15, -0.1) is 0 Å². The van der Waals surface area contributed by atoms with E-state index in [0.717, 1.165) is 35.5 Å². The first-order chi connectivity index (χ1) is 18.1. The summed E-state index contributed by atoms with van der Waals surface area (Å²) in [6.07, 6.45) is 25.4. The van der Waals surface area contributed by atoms with E-state index in [1.807, 2.05) is 12.1 Å². The molecule has 0 radical (unpaired) electrons.